The Balaban J connectivity index is 2.24. The summed E-state index contributed by atoms with van der Waals surface area (Å²) >= 11 is 6.14. The van der Waals surface area contributed by atoms with Gasteiger partial charge in [0, 0.05) is 5.54 Å². The largest absolute Gasteiger partial charge is 0.416 e. The normalized spacial score (nSPS) is 19.3. The molecule has 2 nitrogen and oxygen atoms in total. The van der Waals surface area contributed by atoms with E-state index < -0.39 is 11.7 Å². The van der Waals surface area contributed by atoms with E-state index in [1.54, 1.807) is 6.92 Å². The Kier molecular flexibility index (Phi) is 2.84. The number of rotatable bonds is 2. The van der Waals surface area contributed by atoms with Crippen LogP contribution in [0.4, 0.5) is 13.2 Å². The predicted octanol–water partition coefficient (Wildman–Crippen LogP) is 4.86. The maximum absolute atomic E-state index is 12.8. The number of alkyl halides is 4. The van der Waals surface area contributed by atoms with Crippen LogP contribution in [0.2, 0.25) is 0 Å². The lowest BCUT2D eigenvalue weighted by Crippen LogP contribution is -2.16. The first kappa shape index (κ1) is 13.7. The molecule has 1 atom stereocenters. The summed E-state index contributed by atoms with van der Waals surface area (Å²) in [6.45, 7) is 3.87. The van der Waals surface area contributed by atoms with Crippen molar-refractivity contribution >= 4 is 22.6 Å². The molecule has 1 heterocycles. The highest BCUT2D eigenvalue weighted by Gasteiger charge is 2.42. The quantitative estimate of drug-likeness (QED) is 0.724. The first-order valence-corrected chi connectivity index (χ1v) is 6.90. The summed E-state index contributed by atoms with van der Waals surface area (Å²) in [5.41, 5.74) is 0.341. The number of halogens is 4. The number of hydrogen-bond acceptors (Lipinski definition) is 1. The molecule has 0 spiro atoms. The molecule has 1 saturated carbocycles. The lowest BCUT2D eigenvalue weighted by molar-refractivity contribution is -0.137. The van der Waals surface area contributed by atoms with Crippen LogP contribution < -0.4 is 0 Å². The van der Waals surface area contributed by atoms with Gasteiger partial charge in [-0.1, -0.05) is 0 Å². The summed E-state index contributed by atoms with van der Waals surface area (Å²) in [4.78, 5) is 4.32. The van der Waals surface area contributed by atoms with Crippen molar-refractivity contribution in [2.75, 3.05) is 0 Å². The first-order chi connectivity index (χ1) is 9.22. The van der Waals surface area contributed by atoms with E-state index in [1.165, 1.54) is 6.07 Å². The molecule has 2 aromatic rings. The molecule has 0 saturated heterocycles. The third-order valence-corrected chi connectivity index (χ3v) is 4.07. The molecule has 0 bridgehead atoms. The maximum atomic E-state index is 12.8. The van der Waals surface area contributed by atoms with Gasteiger partial charge < -0.3 is 4.57 Å². The molecule has 1 aliphatic rings. The highest BCUT2D eigenvalue weighted by molar-refractivity contribution is 6.20. The van der Waals surface area contributed by atoms with E-state index in [1.807, 2.05) is 4.57 Å². The maximum Gasteiger partial charge on any atom is 0.416 e. The third kappa shape index (κ3) is 2.08. The average molecular weight is 303 g/mol. The molecule has 1 aliphatic carbocycles. The Bertz CT molecular complexity index is 669. The fourth-order valence-electron chi connectivity index (χ4n) is 2.51. The van der Waals surface area contributed by atoms with Crippen LogP contribution in [0.15, 0.2) is 18.2 Å². The SMILES string of the molecule is CC(Cl)c1nc2cc(C(F)(F)F)ccc2n1C1(C)CC1. The van der Waals surface area contributed by atoms with Crippen molar-refractivity contribution in [1.82, 2.24) is 9.55 Å². The van der Waals surface area contributed by atoms with Crippen molar-refractivity contribution in [3.8, 4) is 0 Å². The number of aromatic nitrogens is 2. The van der Waals surface area contributed by atoms with Gasteiger partial charge in [-0.25, -0.2) is 4.98 Å². The highest BCUT2D eigenvalue weighted by Crippen LogP contribution is 2.47. The van der Waals surface area contributed by atoms with Gasteiger partial charge in [-0.05, 0) is 44.9 Å². The van der Waals surface area contributed by atoms with Crippen LogP contribution in [-0.4, -0.2) is 9.55 Å². The van der Waals surface area contributed by atoms with Gasteiger partial charge >= 0.3 is 6.18 Å². The van der Waals surface area contributed by atoms with Gasteiger partial charge in [-0.15, -0.1) is 11.6 Å². The topological polar surface area (TPSA) is 17.8 Å². The van der Waals surface area contributed by atoms with Crippen molar-refractivity contribution in [2.45, 2.75) is 43.8 Å². The monoisotopic (exact) mass is 302 g/mol. The number of benzene rings is 1. The van der Waals surface area contributed by atoms with Crippen molar-refractivity contribution in [3.63, 3.8) is 0 Å². The zero-order chi connectivity index (χ0) is 14.7. The van der Waals surface area contributed by atoms with Crippen LogP contribution in [0.3, 0.4) is 0 Å². The Morgan fingerprint density at radius 2 is 2.00 bits per heavy atom. The second kappa shape index (κ2) is 4.13. The second-order valence-electron chi connectivity index (χ2n) is 5.62. The van der Waals surface area contributed by atoms with Crippen molar-refractivity contribution in [2.24, 2.45) is 0 Å². The second-order valence-corrected chi connectivity index (χ2v) is 6.27. The number of nitrogens with zero attached hydrogens (tertiary/aromatic N) is 2. The summed E-state index contributed by atoms with van der Waals surface area (Å²) in [5, 5.41) is -0.339. The summed E-state index contributed by atoms with van der Waals surface area (Å²) in [7, 11) is 0. The summed E-state index contributed by atoms with van der Waals surface area (Å²) < 4.78 is 40.3. The van der Waals surface area contributed by atoms with E-state index in [2.05, 4.69) is 11.9 Å². The molecular formula is C14H14ClF3N2. The fourth-order valence-corrected chi connectivity index (χ4v) is 2.66. The lowest BCUT2D eigenvalue weighted by atomic mass is 10.2. The predicted molar refractivity (Wildman–Crippen MR) is 71.9 cm³/mol. The molecule has 0 aliphatic heterocycles. The molecule has 6 heteroatoms. The number of hydrogen-bond donors (Lipinski definition) is 0. The lowest BCUT2D eigenvalue weighted by Gasteiger charge is -2.17. The summed E-state index contributed by atoms with van der Waals surface area (Å²) in [5.74, 6) is 0.640. The molecule has 3 rings (SSSR count). The zero-order valence-corrected chi connectivity index (χ0v) is 11.9. The zero-order valence-electron chi connectivity index (χ0n) is 11.1. The molecular weight excluding hydrogens is 289 g/mol. The fraction of sp³-hybridized carbons (Fsp3) is 0.500. The van der Waals surface area contributed by atoms with Crippen LogP contribution in [0.25, 0.3) is 11.0 Å². The summed E-state index contributed by atoms with van der Waals surface area (Å²) in [6, 6.07) is 3.70. The van der Waals surface area contributed by atoms with Gasteiger partial charge in [0.1, 0.15) is 5.82 Å². The van der Waals surface area contributed by atoms with Gasteiger partial charge in [0.2, 0.25) is 0 Å². The Labute approximate surface area is 119 Å². The molecule has 0 amide bonds. The minimum Gasteiger partial charge on any atom is -0.321 e. The smallest absolute Gasteiger partial charge is 0.321 e. The average Bonchev–Trinajstić information content (AvgIpc) is 2.95. The van der Waals surface area contributed by atoms with Gasteiger partial charge in [-0.3, -0.25) is 0 Å². The van der Waals surface area contributed by atoms with E-state index in [9.17, 15) is 13.2 Å². The molecule has 0 N–H and O–H groups in total. The molecule has 1 unspecified atom stereocenters. The molecule has 1 fully saturated rings. The minimum atomic E-state index is -4.35. The molecule has 108 valence electrons. The van der Waals surface area contributed by atoms with E-state index >= 15 is 0 Å². The standard InChI is InChI=1S/C14H14ClF3N2/c1-8(15)12-19-10-7-9(14(16,17)18)3-4-11(10)20(12)13(2)5-6-13/h3-4,7-8H,5-6H2,1-2H3. The minimum absolute atomic E-state index is 0.0625. The van der Waals surface area contributed by atoms with Gasteiger partial charge in [-0.2, -0.15) is 13.2 Å². The Hall–Kier alpha value is -1.23. The Morgan fingerprint density at radius 3 is 2.50 bits per heavy atom. The van der Waals surface area contributed by atoms with E-state index in [-0.39, 0.29) is 10.9 Å². The van der Waals surface area contributed by atoms with Gasteiger partial charge in [0.25, 0.3) is 0 Å². The van der Waals surface area contributed by atoms with Crippen molar-refractivity contribution < 1.29 is 13.2 Å². The van der Waals surface area contributed by atoms with Crippen molar-refractivity contribution in [3.05, 3.63) is 29.6 Å². The van der Waals surface area contributed by atoms with Crippen LogP contribution in [0.1, 0.15) is 43.5 Å². The van der Waals surface area contributed by atoms with E-state index in [4.69, 9.17) is 11.6 Å². The van der Waals surface area contributed by atoms with Crippen LogP contribution in [-0.2, 0) is 11.7 Å². The highest BCUT2D eigenvalue weighted by atomic mass is 35.5. The van der Waals surface area contributed by atoms with Crippen molar-refractivity contribution in [1.29, 1.82) is 0 Å². The molecule has 1 aromatic carbocycles. The van der Waals surface area contributed by atoms with Crippen LogP contribution >= 0.6 is 11.6 Å². The number of fused-ring (bicyclic) bond motifs is 1. The van der Waals surface area contributed by atoms with E-state index in [0.717, 1.165) is 30.5 Å². The van der Waals surface area contributed by atoms with E-state index in [0.29, 0.717) is 11.3 Å². The number of imidazole rings is 1. The Morgan fingerprint density at radius 1 is 1.35 bits per heavy atom. The van der Waals surface area contributed by atoms with Gasteiger partial charge in [0.15, 0.2) is 0 Å². The molecule has 1 aromatic heterocycles. The summed E-state index contributed by atoms with van der Waals surface area (Å²) in [6.07, 6.45) is -2.36. The molecule has 20 heavy (non-hydrogen) atoms. The van der Waals surface area contributed by atoms with Crippen LogP contribution in [0.5, 0.6) is 0 Å². The van der Waals surface area contributed by atoms with Gasteiger partial charge in [0.05, 0.1) is 22.0 Å². The molecule has 0 radical (unpaired) electrons. The first-order valence-electron chi connectivity index (χ1n) is 6.46. The van der Waals surface area contributed by atoms with Crippen LogP contribution in [0, 0.1) is 0 Å². The third-order valence-electron chi connectivity index (χ3n) is 3.88.